The molecule has 0 fully saturated rings. The molecule has 0 amide bonds. The fourth-order valence-electron chi connectivity index (χ4n) is 2.45. The van der Waals surface area contributed by atoms with Crippen LogP contribution in [0.15, 0.2) is 47.7 Å². The number of rotatable bonds is 4. The van der Waals surface area contributed by atoms with Crippen molar-refractivity contribution in [1.82, 2.24) is 14.4 Å². The van der Waals surface area contributed by atoms with Crippen molar-refractivity contribution in [1.29, 1.82) is 0 Å². The highest BCUT2D eigenvalue weighted by Crippen LogP contribution is 2.15. The van der Waals surface area contributed by atoms with E-state index < -0.39 is 0 Å². The van der Waals surface area contributed by atoms with E-state index in [9.17, 15) is 0 Å². The van der Waals surface area contributed by atoms with E-state index >= 15 is 0 Å². The third-order valence-electron chi connectivity index (χ3n) is 3.55. The molecule has 2 heterocycles. The van der Waals surface area contributed by atoms with Crippen molar-refractivity contribution < 1.29 is 0 Å². The van der Waals surface area contributed by atoms with Gasteiger partial charge in [0.05, 0.1) is 5.69 Å². The molecular formula is C17H19N5. The molecule has 0 spiro atoms. The van der Waals surface area contributed by atoms with Crippen LogP contribution in [0.3, 0.4) is 0 Å². The number of amidine groups is 1. The lowest BCUT2D eigenvalue weighted by atomic mass is 10.1. The van der Waals surface area contributed by atoms with Gasteiger partial charge in [-0.15, -0.1) is 0 Å². The van der Waals surface area contributed by atoms with Crippen LogP contribution in [0.1, 0.15) is 29.6 Å². The molecule has 3 aromatic rings. The average molecular weight is 293 g/mol. The summed E-state index contributed by atoms with van der Waals surface area (Å²) in [5, 5.41) is 0. The van der Waals surface area contributed by atoms with Crippen molar-refractivity contribution in [2.45, 2.75) is 20.3 Å². The standard InChI is InChI=1S/C17H19N5/c1-3-19-16(18)15-11-22-12(2)10-20-17(22)14(21-15)9-13-7-5-4-6-8-13/h4-8,10-11H,3,9H2,1-2H3,(H2,18,19). The van der Waals surface area contributed by atoms with Crippen LogP contribution in [0.4, 0.5) is 0 Å². The summed E-state index contributed by atoms with van der Waals surface area (Å²) in [5.41, 5.74) is 10.8. The molecular weight excluding hydrogens is 274 g/mol. The minimum atomic E-state index is 0.465. The Balaban J connectivity index is 2.13. The molecule has 2 N–H and O–H groups in total. The van der Waals surface area contributed by atoms with Gasteiger partial charge in [0.2, 0.25) is 0 Å². The maximum atomic E-state index is 6.03. The van der Waals surface area contributed by atoms with Gasteiger partial charge in [-0.2, -0.15) is 0 Å². The monoisotopic (exact) mass is 293 g/mol. The van der Waals surface area contributed by atoms with Gasteiger partial charge in [0, 0.05) is 31.1 Å². The van der Waals surface area contributed by atoms with Gasteiger partial charge in [0.25, 0.3) is 0 Å². The summed E-state index contributed by atoms with van der Waals surface area (Å²) >= 11 is 0. The second kappa shape index (κ2) is 5.97. The molecule has 1 aromatic carbocycles. The van der Waals surface area contributed by atoms with Crippen molar-refractivity contribution in [2.75, 3.05) is 6.54 Å². The number of hydrogen-bond acceptors (Lipinski definition) is 3. The summed E-state index contributed by atoms with van der Waals surface area (Å²) < 4.78 is 2.03. The van der Waals surface area contributed by atoms with Crippen molar-refractivity contribution in [3.63, 3.8) is 0 Å². The number of aromatic nitrogens is 3. The van der Waals surface area contributed by atoms with E-state index in [1.54, 1.807) is 0 Å². The number of aryl methyl sites for hydroxylation is 1. The Kier molecular flexibility index (Phi) is 3.87. The van der Waals surface area contributed by atoms with Crippen molar-refractivity contribution in [2.24, 2.45) is 10.7 Å². The molecule has 0 saturated heterocycles. The second-order valence-corrected chi connectivity index (χ2v) is 5.19. The van der Waals surface area contributed by atoms with Gasteiger partial charge >= 0.3 is 0 Å². The lowest BCUT2D eigenvalue weighted by Crippen LogP contribution is -2.18. The highest BCUT2D eigenvalue weighted by Gasteiger charge is 2.12. The molecule has 0 aliphatic carbocycles. The Labute approximate surface area is 129 Å². The summed E-state index contributed by atoms with van der Waals surface area (Å²) in [7, 11) is 0. The van der Waals surface area contributed by atoms with Crippen LogP contribution in [-0.4, -0.2) is 26.7 Å². The molecule has 0 aliphatic rings. The SMILES string of the molecule is CCN=C(N)c1cn2c(C)cnc2c(Cc2ccccc2)n1. The predicted molar refractivity (Wildman–Crippen MR) is 88.2 cm³/mol. The van der Waals surface area contributed by atoms with E-state index in [0.29, 0.717) is 24.5 Å². The zero-order chi connectivity index (χ0) is 15.5. The highest BCUT2D eigenvalue weighted by atomic mass is 15.0. The highest BCUT2D eigenvalue weighted by molar-refractivity contribution is 5.95. The van der Waals surface area contributed by atoms with E-state index in [-0.39, 0.29) is 0 Å². The zero-order valence-corrected chi connectivity index (χ0v) is 12.8. The summed E-state index contributed by atoms with van der Waals surface area (Å²) in [6.07, 6.45) is 4.47. The molecule has 0 saturated carbocycles. The second-order valence-electron chi connectivity index (χ2n) is 5.19. The minimum absolute atomic E-state index is 0.465. The van der Waals surface area contributed by atoms with E-state index in [1.807, 2.05) is 48.8 Å². The third-order valence-corrected chi connectivity index (χ3v) is 3.55. The molecule has 0 aliphatic heterocycles. The molecule has 112 valence electrons. The maximum absolute atomic E-state index is 6.03. The van der Waals surface area contributed by atoms with Gasteiger partial charge in [0.15, 0.2) is 5.65 Å². The quantitative estimate of drug-likeness (QED) is 0.593. The lowest BCUT2D eigenvalue weighted by Gasteiger charge is -2.08. The molecule has 0 bridgehead atoms. The summed E-state index contributed by atoms with van der Waals surface area (Å²) in [6.45, 7) is 4.62. The number of aliphatic imine (C=N–C) groups is 1. The topological polar surface area (TPSA) is 68.6 Å². The number of hydrogen-bond donors (Lipinski definition) is 1. The van der Waals surface area contributed by atoms with E-state index in [0.717, 1.165) is 17.0 Å². The summed E-state index contributed by atoms with van der Waals surface area (Å²) in [4.78, 5) is 13.4. The van der Waals surface area contributed by atoms with Gasteiger partial charge in [-0.3, -0.25) is 4.99 Å². The predicted octanol–water partition coefficient (Wildman–Crippen LogP) is 2.35. The molecule has 2 aromatic heterocycles. The van der Waals surface area contributed by atoms with Crippen LogP contribution < -0.4 is 5.73 Å². The zero-order valence-electron chi connectivity index (χ0n) is 12.8. The largest absolute Gasteiger partial charge is 0.382 e. The van der Waals surface area contributed by atoms with Crippen LogP contribution in [0.25, 0.3) is 5.65 Å². The summed E-state index contributed by atoms with van der Waals surface area (Å²) in [5.74, 6) is 0.465. The Morgan fingerprint density at radius 3 is 2.77 bits per heavy atom. The first-order valence-electron chi connectivity index (χ1n) is 7.37. The minimum Gasteiger partial charge on any atom is -0.382 e. The number of imidazole rings is 1. The van der Waals surface area contributed by atoms with Crippen LogP contribution in [0, 0.1) is 6.92 Å². The third kappa shape index (κ3) is 2.70. The normalized spacial score (nSPS) is 12.0. The molecule has 5 heteroatoms. The molecule has 0 radical (unpaired) electrons. The number of nitrogens with zero attached hydrogens (tertiary/aromatic N) is 4. The van der Waals surface area contributed by atoms with Gasteiger partial charge in [-0.05, 0) is 19.4 Å². The van der Waals surface area contributed by atoms with E-state index in [1.165, 1.54) is 5.56 Å². The Bertz CT molecular complexity index is 818. The average Bonchev–Trinajstić information content (AvgIpc) is 2.90. The first-order valence-corrected chi connectivity index (χ1v) is 7.37. The summed E-state index contributed by atoms with van der Waals surface area (Å²) in [6, 6.07) is 10.2. The first kappa shape index (κ1) is 14.3. The van der Waals surface area contributed by atoms with Crippen LogP contribution in [-0.2, 0) is 6.42 Å². The van der Waals surface area contributed by atoms with Gasteiger partial charge in [-0.25, -0.2) is 9.97 Å². The molecule has 0 unspecified atom stereocenters. The number of nitrogens with two attached hydrogens (primary N) is 1. The smallest absolute Gasteiger partial charge is 0.159 e. The van der Waals surface area contributed by atoms with Crippen LogP contribution in [0.5, 0.6) is 0 Å². The fourth-order valence-corrected chi connectivity index (χ4v) is 2.45. The van der Waals surface area contributed by atoms with Crippen molar-refractivity contribution in [3.8, 4) is 0 Å². The fraction of sp³-hybridized carbons (Fsp3) is 0.235. The first-order chi connectivity index (χ1) is 10.7. The molecule has 3 rings (SSSR count). The van der Waals surface area contributed by atoms with Crippen LogP contribution in [0.2, 0.25) is 0 Å². The Morgan fingerprint density at radius 1 is 1.27 bits per heavy atom. The van der Waals surface area contributed by atoms with Crippen molar-refractivity contribution in [3.05, 3.63) is 65.4 Å². The molecule has 5 nitrogen and oxygen atoms in total. The number of benzene rings is 1. The van der Waals surface area contributed by atoms with Gasteiger partial charge in [-0.1, -0.05) is 30.3 Å². The molecule has 0 atom stereocenters. The van der Waals surface area contributed by atoms with Gasteiger partial charge < -0.3 is 10.1 Å². The Morgan fingerprint density at radius 2 is 2.05 bits per heavy atom. The molecule has 22 heavy (non-hydrogen) atoms. The van der Waals surface area contributed by atoms with E-state index in [2.05, 4.69) is 27.1 Å². The lowest BCUT2D eigenvalue weighted by molar-refractivity contribution is 0.984. The van der Waals surface area contributed by atoms with Crippen molar-refractivity contribution >= 4 is 11.5 Å². The number of fused-ring (bicyclic) bond motifs is 1. The van der Waals surface area contributed by atoms with Crippen LogP contribution >= 0.6 is 0 Å². The van der Waals surface area contributed by atoms with Gasteiger partial charge in [0.1, 0.15) is 11.5 Å². The Hall–Kier alpha value is -2.69. The maximum Gasteiger partial charge on any atom is 0.159 e. The van der Waals surface area contributed by atoms with E-state index in [4.69, 9.17) is 5.73 Å².